The Morgan fingerprint density at radius 1 is 1.70 bits per heavy atom. The molecular formula is C7H15N3. The van der Waals surface area contributed by atoms with Crippen molar-refractivity contribution in [3.8, 4) is 0 Å². The van der Waals surface area contributed by atoms with Gasteiger partial charge in [-0.3, -0.25) is 4.99 Å². The van der Waals surface area contributed by atoms with E-state index in [2.05, 4.69) is 11.7 Å². The van der Waals surface area contributed by atoms with Crippen molar-refractivity contribution in [2.75, 3.05) is 20.1 Å². The molecule has 2 N–H and O–H groups in total. The Morgan fingerprint density at radius 2 is 2.40 bits per heavy atom. The standard InChI is InChI=1S/C7H15N3/c1-9-5-7-10(2)6-3-4-8/h5,7H,1,3-4,6,8H2,2H3. The van der Waals surface area contributed by atoms with Crippen LogP contribution in [-0.2, 0) is 0 Å². The van der Waals surface area contributed by atoms with Crippen LogP contribution in [0.5, 0.6) is 0 Å². The summed E-state index contributed by atoms with van der Waals surface area (Å²) in [7, 11) is 1.98. The fourth-order valence-electron chi connectivity index (χ4n) is 0.576. The Balaban J connectivity index is 3.32. The first kappa shape index (κ1) is 9.17. The second-order valence-corrected chi connectivity index (χ2v) is 2.10. The van der Waals surface area contributed by atoms with E-state index in [0.717, 1.165) is 19.5 Å². The fraction of sp³-hybridized carbons (Fsp3) is 0.571. The highest BCUT2D eigenvalue weighted by Gasteiger charge is 1.86. The van der Waals surface area contributed by atoms with Crippen LogP contribution in [0.2, 0.25) is 0 Å². The first-order chi connectivity index (χ1) is 4.81. The molecular weight excluding hydrogens is 126 g/mol. The maximum Gasteiger partial charge on any atom is 0.0419 e. The van der Waals surface area contributed by atoms with Gasteiger partial charge < -0.3 is 10.6 Å². The van der Waals surface area contributed by atoms with Gasteiger partial charge in [0, 0.05) is 26.0 Å². The topological polar surface area (TPSA) is 41.6 Å². The van der Waals surface area contributed by atoms with E-state index in [1.165, 1.54) is 0 Å². The van der Waals surface area contributed by atoms with Gasteiger partial charge in [0.05, 0.1) is 0 Å². The van der Waals surface area contributed by atoms with Gasteiger partial charge in [0.2, 0.25) is 0 Å². The molecule has 0 aromatic rings. The van der Waals surface area contributed by atoms with Crippen molar-refractivity contribution in [1.29, 1.82) is 0 Å². The van der Waals surface area contributed by atoms with Gasteiger partial charge in [-0.1, -0.05) is 0 Å². The van der Waals surface area contributed by atoms with Gasteiger partial charge in [-0.25, -0.2) is 0 Å². The van der Waals surface area contributed by atoms with Crippen molar-refractivity contribution >= 4 is 6.72 Å². The normalized spacial score (nSPS) is 10.2. The van der Waals surface area contributed by atoms with Crippen LogP contribution in [0, 0.1) is 0 Å². The molecule has 58 valence electrons. The lowest BCUT2D eigenvalue weighted by molar-refractivity contribution is 0.447. The molecule has 0 aliphatic heterocycles. The predicted octanol–water partition coefficient (Wildman–Crippen LogP) is 0.439. The third kappa shape index (κ3) is 5.31. The molecule has 10 heavy (non-hydrogen) atoms. The zero-order chi connectivity index (χ0) is 7.82. The van der Waals surface area contributed by atoms with E-state index >= 15 is 0 Å². The molecule has 0 spiro atoms. The van der Waals surface area contributed by atoms with Crippen molar-refractivity contribution < 1.29 is 0 Å². The lowest BCUT2D eigenvalue weighted by Gasteiger charge is -2.11. The Morgan fingerprint density at radius 3 is 2.90 bits per heavy atom. The Hall–Kier alpha value is -0.830. The molecule has 0 radical (unpaired) electrons. The highest BCUT2D eigenvalue weighted by atomic mass is 15.1. The van der Waals surface area contributed by atoms with Crippen molar-refractivity contribution in [3.05, 3.63) is 12.4 Å². The molecule has 0 aliphatic rings. The summed E-state index contributed by atoms with van der Waals surface area (Å²) in [5, 5.41) is 0. The van der Waals surface area contributed by atoms with Gasteiger partial charge in [0.1, 0.15) is 0 Å². The number of aliphatic imine (C=N–C) groups is 1. The van der Waals surface area contributed by atoms with E-state index in [1.54, 1.807) is 6.20 Å². The Bertz CT molecular complexity index is 109. The molecule has 0 saturated carbocycles. The van der Waals surface area contributed by atoms with Gasteiger partial charge in [-0.15, -0.1) is 0 Å². The maximum atomic E-state index is 5.32. The largest absolute Gasteiger partial charge is 0.379 e. The summed E-state index contributed by atoms with van der Waals surface area (Å²) >= 11 is 0. The van der Waals surface area contributed by atoms with Crippen molar-refractivity contribution in [2.45, 2.75) is 6.42 Å². The summed E-state index contributed by atoms with van der Waals surface area (Å²) in [6.45, 7) is 5.04. The molecule has 3 nitrogen and oxygen atoms in total. The average Bonchev–Trinajstić information content (AvgIpc) is 1.97. The third-order valence-corrected chi connectivity index (χ3v) is 1.14. The van der Waals surface area contributed by atoms with Gasteiger partial charge in [-0.05, 0) is 19.7 Å². The molecule has 0 atom stereocenters. The van der Waals surface area contributed by atoms with E-state index in [-0.39, 0.29) is 0 Å². The third-order valence-electron chi connectivity index (χ3n) is 1.14. The summed E-state index contributed by atoms with van der Waals surface area (Å²) in [4.78, 5) is 5.61. The fourth-order valence-corrected chi connectivity index (χ4v) is 0.576. The number of hydrogen-bond acceptors (Lipinski definition) is 3. The van der Waals surface area contributed by atoms with Crippen molar-refractivity contribution in [1.82, 2.24) is 4.90 Å². The highest BCUT2D eigenvalue weighted by Crippen LogP contribution is 1.86. The minimum Gasteiger partial charge on any atom is -0.379 e. The van der Waals surface area contributed by atoms with Crippen LogP contribution in [0.15, 0.2) is 17.4 Å². The second-order valence-electron chi connectivity index (χ2n) is 2.10. The van der Waals surface area contributed by atoms with E-state index in [1.807, 2.05) is 18.1 Å². The molecule has 0 aromatic heterocycles. The Kier molecular flexibility index (Phi) is 5.77. The molecule has 0 unspecified atom stereocenters. The van der Waals surface area contributed by atoms with Crippen LogP contribution in [0.1, 0.15) is 6.42 Å². The zero-order valence-corrected chi connectivity index (χ0v) is 6.45. The number of nitrogens with zero attached hydrogens (tertiary/aromatic N) is 2. The maximum absolute atomic E-state index is 5.32. The van der Waals surface area contributed by atoms with E-state index in [0.29, 0.717) is 0 Å². The number of hydrogen-bond donors (Lipinski definition) is 1. The number of nitrogens with two attached hydrogens (primary N) is 1. The van der Waals surface area contributed by atoms with Gasteiger partial charge in [0.25, 0.3) is 0 Å². The summed E-state index contributed by atoms with van der Waals surface area (Å²) in [5.74, 6) is 0. The summed E-state index contributed by atoms with van der Waals surface area (Å²) in [6, 6.07) is 0. The molecule has 0 amide bonds. The monoisotopic (exact) mass is 141 g/mol. The summed E-state index contributed by atoms with van der Waals surface area (Å²) in [6.07, 6.45) is 4.55. The van der Waals surface area contributed by atoms with Crippen LogP contribution in [0.3, 0.4) is 0 Å². The summed E-state index contributed by atoms with van der Waals surface area (Å²) in [5.41, 5.74) is 5.32. The smallest absolute Gasteiger partial charge is 0.0419 e. The minimum absolute atomic E-state index is 0.736. The van der Waals surface area contributed by atoms with Crippen LogP contribution in [0.4, 0.5) is 0 Å². The molecule has 0 rings (SSSR count). The quantitative estimate of drug-likeness (QED) is 0.564. The number of rotatable bonds is 5. The van der Waals surface area contributed by atoms with Crippen LogP contribution in [-0.4, -0.2) is 31.8 Å². The lowest BCUT2D eigenvalue weighted by Crippen LogP contribution is -2.15. The van der Waals surface area contributed by atoms with Gasteiger partial charge in [0.15, 0.2) is 0 Å². The van der Waals surface area contributed by atoms with Gasteiger partial charge in [-0.2, -0.15) is 0 Å². The molecule has 3 heteroatoms. The van der Waals surface area contributed by atoms with Crippen LogP contribution in [0.25, 0.3) is 0 Å². The van der Waals surface area contributed by atoms with Crippen LogP contribution < -0.4 is 5.73 Å². The summed E-state index contributed by atoms with van der Waals surface area (Å²) < 4.78 is 0. The first-order valence-electron chi connectivity index (χ1n) is 3.34. The molecule has 0 aromatic carbocycles. The van der Waals surface area contributed by atoms with E-state index in [9.17, 15) is 0 Å². The van der Waals surface area contributed by atoms with Gasteiger partial charge >= 0.3 is 0 Å². The zero-order valence-electron chi connectivity index (χ0n) is 6.45. The Labute approximate surface area is 62.2 Å². The first-order valence-corrected chi connectivity index (χ1v) is 3.34. The highest BCUT2D eigenvalue weighted by molar-refractivity contribution is 5.25. The van der Waals surface area contributed by atoms with E-state index < -0.39 is 0 Å². The molecule has 0 fully saturated rings. The molecule has 0 bridgehead atoms. The van der Waals surface area contributed by atoms with Crippen molar-refractivity contribution in [3.63, 3.8) is 0 Å². The van der Waals surface area contributed by atoms with Crippen molar-refractivity contribution in [2.24, 2.45) is 10.7 Å². The average molecular weight is 141 g/mol. The second kappa shape index (κ2) is 6.29. The molecule has 0 heterocycles. The predicted molar refractivity (Wildman–Crippen MR) is 45.0 cm³/mol. The SMILES string of the molecule is C=NC=CN(C)CCCN. The van der Waals surface area contributed by atoms with E-state index in [4.69, 9.17) is 5.73 Å². The lowest BCUT2D eigenvalue weighted by atomic mass is 10.4. The molecule has 0 aliphatic carbocycles. The van der Waals surface area contributed by atoms with Crippen LogP contribution >= 0.6 is 0 Å². The molecule has 0 saturated heterocycles. The minimum atomic E-state index is 0.736.